The van der Waals surface area contributed by atoms with Gasteiger partial charge in [0.15, 0.2) is 0 Å². The molecule has 0 bridgehead atoms. The first-order valence-electron chi connectivity index (χ1n) is 11.3. The summed E-state index contributed by atoms with van der Waals surface area (Å²) in [6.45, 7) is 7.04. The summed E-state index contributed by atoms with van der Waals surface area (Å²) in [7, 11) is 0. The molecule has 2 aromatic rings. The second kappa shape index (κ2) is 14.4. The zero-order valence-corrected chi connectivity index (χ0v) is 23.3. The lowest BCUT2D eigenvalue weighted by Crippen LogP contribution is -2.14. The summed E-state index contributed by atoms with van der Waals surface area (Å²) in [6.07, 6.45) is 0.295. The van der Waals surface area contributed by atoms with Crippen molar-refractivity contribution in [1.29, 1.82) is 10.5 Å². The second-order valence-corrected chi connectivity index (χ2v) is 10.7. The van der Waals surface area contributed by atoms with Crippen molar-refractivity contribution < 1.29 is 28.7 Å². The Bertz CT molecular complexity index is 1170. The smallest absolute Gasteiger partial charge is 0.348 e. The summed E-state index contributed by atoms with van der Waals surface area (Å²) in [5.41, 5.74) is 1.41. The third-order valence-electron chi connectivity index (χ3n) is 4.89. The van der Waals surface area contributed by atoms with E-state index in [0.29, 0.717) is 32.6 Å². The fourth-order valence-electron chi connectivity index (χ4n) is 3.07. The highest BCUT2D eigenvalue weighted by molar-refractivity contribution is 7.99. The molecule has 13 heteroatoms. The molecule has 2 aromatic heterocycles. The molecule has 2 heterocycles. The van der Waals surface area contributed by atoms with Gasteiger partial charge in [-0.1, -0.05) is 0 Å². The van der Waals surface area contributed by atoms with Crippen LogP contribution in [-0.2, 0) is 19.1 Å². The summed E-state index contributed by atoms with van der Waals surface area (Å²) in [6, 6.07) is 4.03. The highest BCUT2D eigenvalue weighted by atomic mass is 32.2. The van der Waals surface area contributed by atoms with E-state index < -0.39 is 11.9 Å². The third kappa shape index (κ3) is 7.79. The quantitative estimate of drug-likeness (QED) is 0.278. The molecule has 0 atom stereocenters. The Kier molecular flexibility index (Phi) is 11.6. The Hall–Kier alpha value is -3.39. The number of rotatable bonds is 12. The van der Waals surface area contributed by atoms with Gasteiger partial charge in [-0.05, 0) is 38.8 Å². The van der Waals surface area contributed by atoms with Crippen LogP contribution in [0.2, 0.25) is 0 Å². The van der Waals surface area contributed by atoms with E-state index in [4.69, 9.17) is 9.47 Å². The van der Waals surface area contributed by atoms with Crippen LogP contribution in [0, 0.1) is 36.5 Å². The lowest BCUT2D eigenvalue weighted by molar-refractivity contribution is -0.116. The van der Waals surface area contributed by atoms with Crippen LogP contribution in [0.3, 0.4) is 0 Å². The van der Waals surface area contributed by atoms with Gasteiger partial charge in [0, 0.05) is 24.3 Å². The molecular weight excluding hydrogens is 536 g/mol. The molecule has 0 aliphatic heterocycles. The number of carbonyl (C=O) groups is 4. The zero-order valence-electron chi connectivity index (χ0n) is 20.8. The molecule has 0 spiro atoms. The summed E-state index contributed by atoms with van der Waals surface area (Å²) >= 11 is 3.41. The molecule has 196 valence electrons. The molecule has 2 rings (SSSR count). The van der Waals surface area contributed by atoms with Gasteiger partial charge in [0.2, 0.25) is 11.8 Å². The molecule has 37 heavy (non-hydrogen) atoms. The van der Waals surface area contributed by atoms with Crippen molar-refractivity contribution in [1.82, 2.24) is 0 Å². The number of hydrogen-bond donors (Lipinski definition) is 2. The molecule has 0 unspecified atom stereocenters. The van der Waals surface area contributed by atoms with E-state index in [-0.39, 0.29) is 58.8 Å². The minimum Gasteiger partial charge on any atom is -0.462 e. The van der Waals surface area contributed by atoms with Gasteiger partial charge in [-0.15, -0.1) is 22.7 Å². The Morgan fingerprint density at radius 3 is 1.49 bits per heavy atom. The van der Waals surface area contributed by atoms with Gasteiger partial charge in [-0.3, -0.25) is 9.59 Å². The molecule has 10 nitrogen and oxygen atoms in total. The van der Waals surface area contributed by atoms with Crippen LogP contribution < -0.4 is 10.6 Å². The van der Waals surface area contributed by atoms with Crippen molar-refractivity contribution in [2.75, 3.05) is 35.4 Å². The van der Waals surface area contributed by atoms with Crippen LogP contribution in [-0.4, -0.2) is 48.5 Å². The van der Waals surface area contributed by atoms with Gasteiger partial charge in [-0.25, -0.2) is 9.59 Å². The zero-order chi connectivity index (χ0) is 27.5. The minimum atomic E-state index is -0.535. The standard InChI is InChI=1S/C24H26N4O6S3/c1-5-33-23(31)19-13(3)15(11-25)21(36-19)27-17(29)7-9-35-10-8-18(30)28-22-16(12-26)14(4)20(37-22)24(32)34-6-2/h5-10H2,1-4H3,(H,27,29)(H,28,30). The van der Waals surface area contributed by atoms with Crippen LogP contribution in [0.25, 0.3) is 0 Å². The van der Waals surface area contributed by atoms with E-state index in [1.165, 1.54) is 11.8 Å². The normalized spacial score (nSPS) is 10.2. The van der Waals surface area contributed by atoms with Gasteiger partial charge in [0.25, 0.3) is 0 Å². The van der Waals surface area contributed by atoms with Crippen LogP contribution in [0.5, 0.6) is 0 Å². The monoisotopic (exact) mass is 562 g/mol. The van der Waals surface area contributed by atoms with Gasteiger partial charge in [0.1, 0.15) is 31.9 Å². The molecule has 2 amide bonds. The van der Waals surface area contributed by atoms with Gasteiger partial charge in [-0.2, -0.15) is 22.3 Å². The summed E-state index contributed by atoms with van der Waals surface area (Å²) in [4.78, 5) is 49.4. The Morgan fingerprint density at radius 2 is 1.16 bits per heavy atom. The first kappa shape index (κ1) is 29.8. The Balaban J connectivity index is 1.83. The number of ether oxygens (including phenoxy) is 2. The molecular formula is C24H26N4O6S3. The van der Waals surface area contributed by atoms with Crippen molar-refractivity contribution in [2.24, 2.45) is 0 Å². The Morgan fingerprint density at radius 1 is 0.784 bits per heavy atom. The van der Waals surface area contributed by atoms with E-state index in [2.05, 4.69) is 10.6 Å². The Labute approximate surface area is 226 Å². The van der Waals surface area contributed by atoms with Crippen LogP contribution in [0.15, 0.2) is 0 Å². The molecule has 0 aliphatic carbocycles. The molecule has 2 N–H and O–H groups in total. The fraction of sp³-hybridized carbons (Fsp3) is 0.417. The molecule has 0 radical (unpaired) electrons. The maximum absolute atomic E-state index is 12.4. The highest BCUT2D eigenvalue weighted by Crippen LogP contribution is 2.34. The lowest BCUT2D eigenvalue weighted by atomic mass is 10.2. The lowest BCUT2D eigenvalue weighted by Gasteiger charge is -2.05. The number of hydrogen-bond acceptors (Lipinski definition) is 11. The van der Waals surface area contributed by atoms with Gasteiger partial charge in [0.05, 0.1) is 24.3 Å². The molecule has 0 aromatic carbocycles. The van der Waals surface area contributed by atoms with E-state index in [1.807, 2.05) is 12.1 Å². The largest absolute Gasteiger partial charge is 0.462 e. The van der Waals surface area contributed by atoms with Crippen LogP contribution >= 0.6 is 34.4 Å². The van der Waals surface area contributed by atoms with Crippen molar-refractivity contribution in [3.63, 3.8) is 0 Å². The van der Waals surface area contributed by atoms with Crippen molar-refractivity contribution in [3.05, 3.63) is 32.0 Å². The number of anilines is 2. The number of nitrogens with one attached hydrogen (secondary N) is 2. The maximum Gasteiger partial charge on any atom is 0.348 e. The summed E-state index contributed by atoms with van der Waals surface area (Å²) < 4.78 is 9.99. The van der Waals surface area contributed by atoms with E-state index in [0.717, 1.165) is 22.7 Å². The number of esters is 2. The number of carbonyl (C=O) groups excluding carboxylic acids is 4. The molecule has 0 saturated heterocycles. The number of thiophene rings is 2. The topological polar surface area (TPSA) is 158 Å². The average Bonchev–Trinajstić information content (AvgIpc) is 3.34. The number of nitrogens with zero attached hydrogens (tertiary/aromatic N) is 2. The molecule has 0 aliphatic rings. The molecule has 0 fully saturated rings. The van der Waals surface area contributed by atoms with Crippen LogP contribution in [0.4, 0.5) is 10.0 Å². The number of nitriles is 2. The number of thioether (sulfide) groups is 1. The maximum atomic E-state index is 12.4. The fourth-order valence-corrected chi connectivity index (χ4v) is 6.06. The minimum absolute atomic E-state index is 0.147. The van der Waals surface area contributed by atoms with Crippen molar-refractivity contribution in [2.45, 2.75) is 40.5 Å². The summed E-state index contributed by atoms with van der Waals surface area (Å²) in [5, 5.41) is 24.8. The van der Waals surface area contributed by atoms with Gasteiger partial charge >= 0.3 is 11.9 Å². The van der Waals surface area contributed by atoms with Gasteiger partial charge < -0.3 is 20.1 Å². The summed E-state index contributed by atoms with van der Waals surface area (Å²) in [5.74, 6) is -0.830. The predicted octanol–water partition coefficient (Wildman–Crippen LogP) is 4.61. The first-order chi connectivity index (χ1) is 17.7. The van der Waals surface area contributed by atoms with E-state index in [1.54, 1.807) is 27.7 Å². The number of amides is 2. The highest BCUT2D eigenvalue weighted by Gasteiger charge is 2.23. The van der Waals surface area contributed by atoms with E-state index in [9.17, 15) is 29.7 Å². The van der Waals surface area contributed by atoms with Crippen molar-refractivity contribution >= 4 is 68.2 Å². The van der Waals surface area contributed by atoms with Crippen LogP contribution in [0.1, 0.15) is 68.3 Å². The van der Waals surface area contributed by atoms with Crippen molar-refractivity contribution in [3.8, 4) is 12.1 Å². The molecule has 0 saturated carbocycles. The van der Waals surface area contributed by atoms with E-state index >= 15 is 0 Å². The average molecular weight is 563 g/mol. The second-order valence-electron chi connectivity index (χ2n) is 7.39. The SMILES string of the molecule is CCOC(=O)c1sc(NC(=O)CCSCCC(=O)Nc2sc(C(=O)OCC)c(C)c2C#N)c(C#N)c1C. The predicted molar refractivity (Wildman–Crippen MR) is 143 cm³/mol. The third-order valence-corrected chi connectivity index (χ3v) is 8.25. The first-order valence-corrected chi connectivity index (χ1v) is 14.1.